The van der Waals surface area contributed by atoms with Crippen molar-refractivity contribution in [3.8, 4) is 0 Å². The molecule has 0 bridgehead atoms. The Hall–Kier alpha value is -3.58. The summed E-state index contributed by atoms with van der Waals surface area (Å²) in [4.78, 5) is 33.5. The fourth-order valence-corrected chi connectivity index (χ4v) is 4.19. The molecule has 1 fully saturated rings. The van der Waals surface area contributed by atoms with Gasteiger partial charge in [0.1, 0.15) is 11.6 Å². The normalized spacial score (nSPS) is 15.9. The summed E-state index contributed by atoms with van der Waals surface area (Å²) in [6.45, 7) is 9.76. The molecular weight excluding hydrogens is 460 g/mol. The van der Waals surface area contributed by atoms with Crippen molar-refractivity contribution < 1.29 is 18.4 Å². The first kappa shape index (κ1) is 25.1. The summed E-state index contributed by atoms with van der Waals surface area (Å²) in [6, 6.07) is 7.41. The Balaban J connectivity index is 0.00000324. The molecule has 2 heterocycles. The van der Waals surface area contributed by atoms with Gasteiger partial charge in [0.2, 0.25) is 5.91 Å². The maximum absolute atomic E-state index is 13.3. The molecule has 1 aromatic heterocycles. The van der Waals surface area contributed by atoms with Crippen LogP contribution < -0.4 is 10.6 Å². The first-order valence-corrected chi connectivity index (χ1v) is 10.6. The van der Waals surface area contributed by atoms with Gasteiger partial charge in [0.05, 0.1) is 0 Å². The third-order valence-corrected chi connectivity index (χ3v) is 5.75. The molecule has 10 heteroatoms. The van der Waals surface area contributed by atoms with E-state index in [1.165, 1.54) is 0 Å². The van der Waals surface area contributed by atoms with E-state index in [0.29, 0.717) is 25.1 Å². The number of hydrogen-bond donors (Lipinski definition) is 3. The van der Waals surface area contributed by atoms with Crippen molar-refractivity contribution in [1.29, 1.82) is 0 Å². The summed E-state index contributed by atoms with van der Waals surface area (Å²) in [6.07, 6.45) is 3.51. The predicted molar refractivity (Wildman–Crippen MR) is 132 cm³/mol. The smallest absolute Gasteiger partial charge is 0.323 e. The second-order valence-corrected chi connectivity index (χ2v) is 8.20. The summed E-state index contributed by atoms with van der Waals surface area (Å²) < 4.78 is 26.7. The Bertz CT molecular complexity index is 1240. The number of carbonyl (C=O) groups is 2. The predicted octanol–water partition coefficient (Wildman–Crippen LogP) is 5.25. The van der Waals surface area contributed by atoms with Crippen LogP contribution in [-0.4, -0.2) is 34.5 Å². The molecule has 4 rings (SSSR count). The third kappa shape index (κ3) is 5.48. The molecule has 1 aliphatic rings. The quantitative estimate of drug-likeness (QED) is 0.432. The molecule has 0 aliphatic carbocycles. The highest BCUT2D eigenvalue weighted by Gasteiger charge is 2.35. The van der Waals surface area contributed by atoms with Gasteiger partial charge >= 0.3 is 12.2 Å². The summed E-state index contributed by atoms with van der Waals surface area (Å²) in [5, 5.41) is 5.91. The Kier molecular flexibility index (Phi) is 7.79. The number of rotatable bonds is 5. The lowest BCUT2D eigenvalue weighted by molar-refractivity contribution is -0.135. The largest absolute Gasteiger partial charge is 0.361 e. The number of aromatic amines is 1. The van der Waals surface area contributed by atoms with Crippen LogP contribution in [0.1, 0.15) is 25.3 Å². The fourth-order valence-electron chi connectivity index (χ4n) is 4.19. The molecule has 0 unspecified atom stereocenters. The van der Waals surface area contributed by atoms with Gasteiger partial charge < -0.3 is 15.6 Å². The van der Waals surface area contributed by atoms with E-state index in [4.69, 9.17) is 6.57 Å². The number of fused-ring (bicyclic) bond motifs is 1. The zero-order valence-corrected chi connectivity index (χ0v) is 19.5. The number of amides is 3. The van der Waals surface area contributed by atoms with Gasteiger partial charge in [0.15, 0.2) is 0 Å². The molecule has 7 nitrogen and oxygen atoms in total. The first-order chi connectivity index (χ1) is 15.8. The summed E-state index contributed by atoms with van der Waals surface area (Å²) in [5.74, 6) is -1.90. The van der Waals surface area contributed by atoms with Crippen molar-refractivity contribution in [3.05, 3.63) is 71.2 Å². The zero-order chi connectivity index (χ0) is 23.5. The lowest BCUT2D eigenvalue weighted by Gasteiger charge is -2.20. The Labute approximate surface area is 202 Å². The van der Waals surface area contributed by atoms with Crippen molar-refractivity contribution in [2.75, 3.05) is 17.2 Å². The van der Waals surface area contributed by atoms with Gasteiger partial charge in [-0.05, 0) is 48.7 Å². The molecule has 1 saturated heterocycles. The number of aromatic nitrogens is 1. The Morgan fingerprint density at radius 2 is 1.88 bits per heavy atom. The van der Waals surface area contributed by atoms with E-state index in [1.807, 2.05) is 13.1 Å². The third-order valence-electron chi connectivity index (χ3n) is 5.75. The number of benzene rings is 2. The molecule has 3 amide bonds. The number of likely N-dealkylation sites (tertiary alicyclic amines) is 1. The second-order valence-electron chi connectivity index (χ2n) is 8.20. The SMILES string of the molecule is S.[C-]#[N+][C@@H]1CCCN1C(=O)[C@H](C)Cc1c[nH]c2ccc(NC(=O)Nc3cc(F)cc(F)c3)cc12. The van der Waals surface area contributed by atoms with Gasteiger partial charge in [-0.3, -0.25) is 14.5 Å². The number of halogens is 2. The fraction of sp³-hybridized carbons (Fsp3) is 0.292. The first-order valence-electron chi connectivity index (χ1n) is 10.6. The van der Waals surface area contributed by atoms with Crippen molar-refractivity contribution >= 4 is 47.7 Å². The molecule has 3 aromatic rings. The minimum absolute atomic E-state index is 0. The second kappa shape index (κ2) is 10.6. The van der Waals surface area contributed by atoms with Gasteiger partial charge in [-0.1, -0.05) is 6.92 Å². The number of anilines is 2. The van der Waals surface area contributed by atoms with Crippen molar-refractivity contribution in [1.82, 2.24) is 9.88 Å². The van der Waals surface area contributed by atoms with Crippen LogP contribution in [0.3, 0.4) is 0 Å². The maximum Gasteiger partial charge on any atom is 0.323 e. The highest BCUT2D eigenvalue weighted by Crippen LogP contribution is 2.27. The van der Waals surface area contributed by atoms with Gasteiger partial charge in [-0.15, -0.1) is 0 Å². The number of urea groups is 1. The molecule has 2 atom stereocenters. The number of hydrogen-bond acceptors (Lipinski definition) is 2. The van der Waals surface area contributed by atoms with Crippen LogP contribution in [0.15, 0.2) is 42.6 Å². The Morgan fingerprint density at radius 1 is 1.18 bits per heavy atom. The zero-order valence-electron chi connectivity index (χ0n) is 18.5. The van der Waals surface area contributed by atoms with Crippen LogP contribution in [-0.2, 0) is 11.2 Å². The number of carbonyl (C=O) groups excluding carboxylic acids is 2. The van der Waals surface area contributed by atoms with E-state index < -0.39 is 17.7 Å². The van der Waals surface area contributed by atoms with Crippen LogP contribution in [0.25, 0.3) is 15.7 Å². The van der Waals surface area contributed by atoms with E-state index in [2.05, 4.69) is 20.5 Å². The molecule has 34 heavy (non-hydrogen) atoms. The average Bonchev–Trinajstić information content (AvgIpc) is 3.39. The van der Waals surface area contributed by atoms with Crippen molar-refractivity contribution in [2.45, 2.75) is 32.4 Å². The van der Waals surface area contributed by atoms with E-state index in [1.54, 1.807) is 23.1 Å². The van der Waals surface area contributed by atoms with Gasteiger partial charge in [-0.25, -0.2) is 20.1 Å². The van der Waals surface area contributed by atoms with E-state index in [-0.39, 0.29) is 37.2 Å². The van der Waals surface area contributed by atoms with Crippen molar-refractivity contribution in [2.24, 2.45) is 5.92 Å². The number of nitrogens with zero attached hydrogens (tertiary/aromatic N) is 2. The highest BCUT2D eigenvalue weighted by molar-refractivity contribution is 7.59. The van der Waals surface area contributed by atoms with Crippen LogP contribution in [0.4, 0.5) is 25.0 Å². The molecule has 0 spiro atoms. The lowest BCUT2D eigenvalue weighted by Crippen LogP contribution is -2.38. The van der Waals surface area contributed by atoms with Gasteiger partial charge in [0.25, 0.3) is 0 Å². The van der Waals surface area contributed by atoms with Gasteiger partial charge in [-0.2, -0.15) is 13.5 Å². The topological polar surface area (TPSA) is 81.6 Å². The van der Waals surface area contributed by atoms with E-state index in [9.17, 15) is 18.4 Å². The minimum atomic E-state index is -0.788. The standard InChI is InChI=1S/C24H23F2N5O2.H2S/c1-14(23(32)31-7-3-4-22(31)27-2)8-15-13-28-21-6-5-18(12-20(15)21)29-24(33)30-19-10-16(25)9-17(26)11-19;/h5-6,9-14,22,28H,3-4,7-8H2,1H3,(H2,29,30,33);1H2/t14-,22+;/m1./s1. The van der Waals surface area contributed by atoms with Crippen LogP contribution >= 0.6 is 13.5 Å². The van der Waals surface area contributed by atoms with E-state index >= 15 is 0 Å². The molecule has 0 radical (unpaired) electrons. The minimum Gasteiger partial charge on any atom is -0.361 e. The van der Waals surface area contributed by atoms with Crippen LogP contribution in [0.2, 0.25) is 0 Å². The van der Waals surface area contributed by atoms with Gasteiger partial charge in [0, 0.05) is 53.4 Å². The Morgan fingerprint density at radius 3 is 2.59 bits per heavy atom. The summed E-state index contributed by atoms with van der Waals surface area (Å²) in [5.41, 5.74) is 2.26. The average molecular weight is 486 g/mol. The summed E-state index contributed by atoms with van der Waals surface area (Å²) >= 11 is 0. The van der Waals surface area contributed by atoms with Crippen LogP contribution in [0.5, 0.6) is 0 Å². The van der Waals surface area contributed by atoms with E-state index in [0.717, 1.165) is 41.1 Å². The maximum atomic E-state index is 13.3. The number of nitrogens with one attached hydrogen (secondary N) is 3. The molecule has 1 aliphatic heterocycles. The molecule has 3 N–H and O–H groups in total. The molecule has 2 aromatic carbocycles. The van der Waals surface area contributed by atoms with Crippen LogP contribution in [0, 0.1) is 24.1 Å². The number of H-pyrrole nitrogens is 1. The monoisotopic (exact) mass is 485 g/mol. The molecule has 0 saturated carbocycles. The highest BCUT2D eigenvalue weighted by atomic mass is 32.1. The lowest BCUT2D eigenvalue weighted by atomic mass is 9.99. The summed E-state index contributed by atoms with van der Waals surface area (Å²) in [7, 11) is 0. The molecule has 178 valence electrons. The van der Waals surface area contributed by atoms with Crippen molar-refractivity contribution in [3.63, 3.8) is 0 Å². The molecular formula is C24H25F2N5O2S.